The fourth-order valence-corrected chi connectivity index (χ4v) is 4.77. The number of carbonyl (C=O) groups is 1. The van der Waals surface area contributed by atoms with Gasteiger partial charge in [0.1, 0.15) is 6.10 Å². The zero-order valence-electron chi connectivity index (χ0n) is 16.3. The molecule has 162 valence electrons. The number of hydrogen-bond donors (Lipinski definition) is 3. The summed E-state index contributed by atoms with van der Waals surface area (Å²) >= 11 is 5.86. The normalized spacial score (nSPS) is 21.9. The van der Waals surface area contributed by atoms with Gasteiger partial charge in [-0.2, -0.15) is 0 Å². The molecule has 30 heavy (non-hydrogen) atoms. The highest BCUT2D eigenvalue weighted by atomic mass is 35.5. The highest BCUT2D eigenvalue weighted by Crippen LogP contribution is 2.22. The molecule has 0 radical (unpaired) electrons. The number of amides is 1. The van der Waals surface area contributed by atoms with E-state index in [2.05, 4.69) is 10.0 Å². The molecular formula is C21H25ClN2O5S. The van der Waals surface area contributed by atoms with Crippen molar-refractivity contribution < 1.29 is 23.1 Å². The Balaban J connectivity index is 1.50. The molecule has 0 bridgehead atoms. The first kappa shape index (κ1) is 22.7. The van der Waals surface area contributed by atoms with E-state index in [1.807, 2.05) is 6.07 Å². The van der Waals surface area contributed by atoms with Crippen LogP contribution in [0.25, 0.3) is 0 Å². The lowest BCUT2D eigenvalue weighted by atomic mass is 9.97. The summed E-state index contributed by atoms with van der Waals surface area (Å²) in [5, 5.41) is 13.0. The van der Waals surface area contributed by atoms with Crippen LogP contribution in [-0.4, -0.2) is 50.8 Å². The molecule has 2 aromatic carbocycles. The number of sulfonamides is 1. The molecule has 3 rings (SSSR count). The van der Waals surface area contributed by atoms with Gasteiger partial charge in [0.05, 0.1) is 23.6 Å². The Labute approximate surface area is 181 Å². The Morgan fingerprint density at radius 2 is 1.90 bits per heavy atom. The first-order valence-electron chi connectivity index (χ1n) is 9.76. The van der Waals surface area contributed by atoms with Gasteiger partial charge in [0.15, 0.2) is 0 Å². The van der Waals surface area contributed by atoms with Gasteiger partial charge in [-0.3, -0.25) is 4.79 Å². The Bertz CT molecular complexity index is 955. The summed E-state index contributed by atoms with van der Waals surface area (Å²) in [5.41, 5.74) is 0.548. The standard InChI is InChI=1S/C21H25ClN2O5S/c22-16-7-4-8-18(13-16)30(27,28)23-12-11-17-9-10-19(20(14-25)29-17)24-21(26)15-5-2-1-3-6-15/h1-8,13,17,19-20,23,25H,9-12,14H2,(H,24,26)/t17-,19+,20-/m1/s1. The van der Waals surface area contributed by atoms with Crippen LogP contribution in [-0.2, 0) is 14.8 Å². The second-order valence-electron chi connectivity index (χ2n) is 7.15. The Morgan fingerprint density at radius 1 is 1.13 bits per heavy atom. The third kappa shape index (κ3) is 6.02. The van der Waals surface area contributed by atoms with Gasteiger partial charge in [-0.15, -0.1) is 0 Å². The average molecular weight is 453 g/mol. The van der Waals surface area contributed by atoms with Crippen LogP contribution in [0.3, 0.4) is 0 Å². The zero-order chi connectivity index (χ0) is 21.6. The summed E-state index contributed by atoms with van der Waals surface area (Å²) in [5.74, 6) is -0.213. The van der Waals surface area contributed by atoms with Gasteiger partial charge in [-0.05, 0) is 49.6 Å². The molecule has 2 aromatic rings. The van der Waals surface area contributed by atoms with Gasteiger partial charge >= 0.3 is 0 Å². The SMILES string of the molecule is O=C(N[C@H]1CC[C@H](CCNS(=O)(=O)c2cccc(Cl)c2)O[C@@H]1CO)c1ccccc1. The predicted molar refractivity (Wildman–Crippen MR) is 114 cm³/mol. The molecule has 9 heteroatoms. The van der Waals surface area contributed by atoms with E-state index >= 15 is 0 Å². The minimum absolute atomic E-state index is 0.108. The maximum absolute atomic E-state index is 12.4. The predicted octanol–water partition coefficient (Wildman–Crippen LogP) is 2.35. The lowest BCUT2D eigenvalue weighted by Crippen LogP contribution is -2.51. The number of carbonyl (C=O) groups excluding carboxylic acids is 1. The highest BCUT2D eigenvalue weighted by Gasteiger charge is 2.32. The number of rotatable bonds is 8. The molecule has 0 saturated carbocycles. The van der Waals surface area contributed by atoms with E-state index in [0.717, 1.165) is 0 Å². The molecule has 1 amide bonds. The first-order chi connectivity index (χ1) is 14.4. The van der Waals surface area contributed by atoms with Crippen molar-refractivity contribution in [2.75, 3.05) is 13.2 Å². The number of halogens is 1. The summed E-state index contributed by atoms with van der Waals surface area (Å²) < 4.78 is 33.2. The zero-order valence-corrected chi connectivity index (χ0v) is 17.9. The number of nitrogens with one attached hydrogen (secondary N) is 2. The van der Waals surface area contributed by atoms with E-state index in [9.17, 15) is 18.3 Å². The first-order valence-corrected chi connectivity index (χ1v) is 11.6. The number of ether oxygens (including phenoxy) is 1. The lowest BCUT2D eigenvalue weighted by Gasteiger charge is -2.36. The second kappa shape index (κ2) is 10.4. The van der Waals surface area contributed by atoms with Crippen molar-refractivity contribution in [1.29, 1.82) is 0 Å². The minimum Gasteiger partial charge on any atom is -0.394 e. The molecule has 0 unspecified atom stereocenters. The molecule has 1 aliphatic rings. The van der Waals surface area contributed by atoms with Gasteiger partial charge in [0, 0.05) is 17.1 Å². The minimum atomic E-state index is -3.66. The molecule has 0 aliphatic carbocycles. The molecular weight excluding hydrogens is 428 g/mol. The number of aliphatic hydroxyl groups is 1. The summed E-state index contributed by atoms with van der Waals surface area (Å²) in [7, 11) is -3.66. The van der Waals surface area contributed by atoms with Gasteiger partial charge in [-0.1, -0.05) is 35.9 Å². The third-order valence-corrected chi connectivity index (χ3v) is 6.71. The maximum atomic E-state index is 12.4. The van der Waals surface area contributed by atoms with Crippen LogP contribution in [0.1, 0.15) is 29.6 Å². The maximum Gasteiger partial charge on any atom is 0.251 e. The van der Waals surface area contributed by atoms with Crippen molar-refractivity contribution in [2.45, 2.75) is 42.4 Å². The van der Waals surface area contributed by atoms with E-state index in [1.165, 1.54) is 12.1 Å². The highest BCUT2D eigenvalue weighted by molar-refractivity contribution is 7.89. The van der Waals surface area contributed by atoms with Crippen LogP contribution >= 0.6 is 11.6 Å². The molecule has 3 N–H and O–H groups in total. The summed E-state index contributed by atoms with van der Waals surface area (Å²) in [6.45, 7) is -0.0385. The summed E-state index contributed by atoms with van der Waals surface area (Å²) in [6, 6.07) is 14.6. The van der Waals surface area contributed by atoms with Crippen molar-refractivity contribution >= 4 is 27.5 Å². The summed E-state index contributed by atoms with van der Waals surface area (Å²) in [6.07, 6.45) is 0.982. The third-order valence-electron chi connectivity index (χ3n) is 5.01. The van der Waals surface area contributed by atoms with E-state index in [0.29, 0.717) is 29.8 Å². The molecule has 1 heterocycles. The molecule has 3 atom stereocenters. The van der Waals surface area contributed by atoms with Crippen LogP contribution < -0.4 is 10.0 Å². The van der Waals surface area contributed by atoms with Crippen molar-refractivity contribution in [3.05, 3.63) is 65.2 Å². The Morgan fingerprint density at radius 3 is 2.60 bits per heavy atom. The Hall–Kier alpha value is -1.97. The molecule has 7 nitrogen and oxygen atoms in total. The van der Waals surface area contributed by atoms with Crippen molar-refractivity contribution in [2.24, 2.45) is 0 Å². The van der Waals surface area contributed by atoms with Crippen LogP contribution in [0.5, 0.6) is 0 Å². The molecule has 0 aromatic heterocycles. The van der Waals surface area contributed by atoms with E-state index < -0.39 is 16.1 Å². The van der Waals surface area contributed by atoms with Gasteiger partial charge in [-0.25, -0.2) is 13.1 Å². The quantitative estimate of drug-likeness (QED) is 0.570. The second-order valence-corrected chi connectivity index (χ2v) is 9.35. The van der Waals surface area contributed by atoms with E-state index in [4.69, 9.17) is 16.3 Å². The molecule has 1 aliphatic heterocycles. The lowest BCUT2D eigenvalue weighted by molar-refractivity contribution is -0.0891. The Kier molecular flexibility index (Phi) is 7.85. The van der Waals surface area contributed by atoms with Crippen LogP contribution in [0.2, 0.25) is 5.02 Å². The fourth-order valence-electron chi connectivity index (χ4n) is 3.42. The monoisotopic (exact) mass is 452 g/mol. The van der Waals surface area contributed by atoms with Gasteiger partial charge < -0.3 is 15.2 Å². The smallest absolute Gasteiger partial charge is 0.251 e. The van der Waals surface area contributed by atoms with Crippen molar-refractivity contribution in [1.82, 2.24) is 10.0 Å². The van der Waals surface area contributed by atoms with Gasteiger partial charge in [0.25, 0.3) is 5.91 Å². The summed E-state index contributed by atoms with van der Waals surface area (Å²) in [4.78, 5) is 12.5. The molecule has 1 saturated heterocycles. The average Bonchev–Trinajstić information content (AvgIpc) is 2.75. The largest absolute Gasteiger partial charge is 0.394 e. The molecule has 0 spiro atoms. The van der Waals surface area contributed by atoms with Crippen molar-refractivity contribution in [3.63, 3.8) is 0 Å². The topological polar surface area (TPSA) is 105 Å². The van der Waals surface area contributed by atoms with Crippen LogP contribution in [0.15, 0.2) is 59.5 Å². The van der Waals surface area contributed by atoms with Crippen molar-refractivity contribution in [3.8, 4) is 0 Å². The van der Waals surface area contributed by atoms with E-state index in [-0.39, 0.29) is 36.1 Å². The number of benzene rings is 2. The van der Waals surface area contributed by atoms with Gasteiger partial charge in [0.2, 0.25) is 10.0 Å². The fraction of sp³-hybridized carbons (Fsp3) is 0.381. The number of aliphatic hydroxyl groups excluding tert-OH is 1. The van der Waals surface area contributed by atoms with Crippen LogP contribution in [0.4, 0.5) is 0 Å². The molecule has 1 fully saturated rings. The van der Waals surface area contributed by atoms with Crippen LogP contribution in [0, 0.1) is 0 Å². The van der Waals surface area contributed by atoms with E-state index in [1.54, 1.807) is 36.4 Å². The number of hydrogen-bond acceptors (Lipinski definition) is 5.